The van der Waals surface area contributed by atoms with Crippen molar-refractivity contribution in [1.82, 2.24) is 0 Å². The van der Waals surface area contributed by atoms with E-state index in [4.69, 9.17) is 5.11 Å². The van der Waals surface area contributed by atoms with Crippen LogP contribution in [-0.4, -0.2) is 30.4 Å². The Morgan fingerprint density at radius 2 is 0.704 bits per heavy atom. The fourth-order valence-corrected chi connectivity index (χ4v) is 3.95. The molecule has 0 bridgehead atoms. The Hall–Kier alpha value is 1.51. The van der Waals surface area contributed by atoms with E-state index in [2.05, 4.69) is 0 Å². The predicted octanol–water partition coefficient (Wildman–Crippen LogP) is 2.94. The Bertz CT molecular complexity index is 374. The van der Waals surface area contributed by atoms with Gasteiger partial charge in [0, 0.05) is 12.4 Å². The van der Waals surface area contributed by atoms with Crippen LogP contribution >= 0.6 is 0 Å². The molecule has 0 saturated carbocycles. The molecule has 0 aliphatic heterocycles. The number of aliphatic hydroxyl groups excluding tert-OH is 1. The van der Waals surface area contributed by atoms with Gasteiger partial charge in [0.2, 0.25) is 0 Å². The summed E-state index contributed by atoms with van der Waals surface area (Å²) in [5.41, 5.74) is 0. The van der Waals surface area contributed by atoms with Gasteiger partial charge in [-0.1, -0.05) is 109 Å². The molecular weight excluding hydrogens is 387 g/mol. The molecule has 0 radical (unpaired) electrons. The largest absolute Gasteiger partial charge is 1.00 e. The molecule has 158 valence electrons. The Balaban J connectivity index is 0. The van der Waals surface area contributed by atoms with Gasteiger partial charge in [0.1, 0.15) is 0 Å². The molecular formula is C21H43KO4S. The zero-order valence-corrected chi connectivity index (χ0v) is 21.9. The van der Waals surface area contributed by atoms with Gasteiger partial charge in [0.05, 0.1) is 10.1 Å². The Labute approximate surface area is 211 Å². The summed E-state index contributed by atoms with van der Waals surface area (Å²) in [6.07, 6.45) is 23.2. The second kappa shape index (κ2) is 23.8. The maximum Gasteiger partial charge on any atom is 1.00 e. The zero-order valence-electron chi connectivity index (χ0n) is 17.9. The van der Waals surface area contributed by atoms with Crippen LogP contribution in [0.4, 0.5) is 0 Å². The normalized spacial score (nSPS) is 11.5. The van der Waals surface area contributed by atoms with Crippen LogP contribution in [0.1, 0.15) is 122 Å². The summed E-state index contributed by atoms with van der Waals surface area (Å²) >= 11 is 0. The van der Waals surface area contributed by atoms with Crippen LogP contribution in [0, 0.1) is 0 Å². The van der Waals surface area contributed by atoms with Gasteiger partial charge in [0.25, 0.3) is 0 Å². The molecule has 0 rings (SSSR count). The topological polar surface area (TPSA) is 77.4 Å². The summed E-state index contributed by atoms with van der Waals surface area (Å²) in [4.78, 5) is 0. The first-order valence-corrected chi connectivity index (χ1v) is 12.7. The number of rotatable bonds is 21. The van der Waals surface area contributed by atoms with E-state index in [1.807, 2.05) is 0 Å². The van der Waals surface area contributed by atoms with E-state index >= 15 is 0 Å². The molecule has 0 aromatic heterocycles. The minimum absolute atomic E-state index is 0. The van der Waals surface area contributed by atoms with Crippen LogP contribution in [-0.2, 0) is 10.1 Å². The molecule has 0 heterocycles. The Morgan fingerprint density at radius 3 is 0.926 bits per heavy atom. The minimum Gasteiger partial charge on any atom is -0.748 e. The number of hydrogen-bond donors (Lipinski definition) is 1. The summed E-state index contributed by atoms with van der Waals surface area (Å²) in [7, 11) is -4.01. The molecule has 27 heavy (non-hydrogen) atoms. The van der Waals surface area contributed by atoms with E-state index in [0.717, 1.165) is 19.3 Å². The fraction of sp³-hybridized carbons (Fsp3) is 1.00. The third kappa shape index (κ3) is 29.8. The number of aliphatic hydroxyl groups is 1. The van der Waals surface area contributed by atoms with Crippen LogP contribution in [0.3, 0.4) is 0 Å². The van der Waals surface area contributed by atoms with Crippen LogP contribution in [0.5, 0.6) is 0 Å². The summed E-state index contributed by atoms with van der Waals surface area (Å²) in [5.74, 6) is -0.197. The molecule has 0 amide bonds. The molecule has 1 N–H and O–H groups in total. The smallest absolute Gasteiger partial charge is 0.748 e. The van der Waals surface area contributed by atoms with Gasteiger partial charge < -0.3 is 9.66 Å². The van der Waals surface area contributed by atoms with E-state index in [1.165, 1.54) is 96.3 Å². The van der Waals surface area contributed by atoms with Crippen molar-refractivity contribution in [3.05, 3.63) is 0 Å². The fourth-order valence-electron chi connectivity index (χ4n) is 3.40. The molecule has 0 aliphatic carbocycles. The first-order chi connectivity index (χ1) is 12.6. The van der Waals surface area contributed by atoms with E-state index < -0.39 is 10.1 Å². The molecule has 0 saturated heterocycles. The second-order valence-corrected chi connectivity index (χ2v) is 9.23. The van der Waals surface area contributed by atoms with Crippen molar-refractivity contribution < 1.29 is 69.5 Å². The maximum atomic E-state index is 10.5. The monoisotopic (exact) mass is 430 g/mol. The van der Waals surface area contributed by atoms with Crippen molar-refractivity contribution in [3.63, 3.8) is 0 Å². The molecule has 0 aromatic rings. The van der Waals surface area contributed by atoms with Crippen LogP contribution in [0.25, 0.3) is 0 Å². The van der Waals surface area contributed by atoms with Crippen molar-refractivity contribution in [1.29, 1.82) is 0 Å². The first-order valence-electron chi connectivity index (χ1n) is 11.1. The van der Waals surface area contributed by atoms with Crippen molar-refractivity contribution in [2.45, 2.75) is 122 Å². The van der Waals surface area contributed by atoms with Gasteiger partial charge in [0.15, 0.2) is 0 Å². The van der Waals surface area contributed by atoms with Crippen LogP contribution in [0.2, 0.25) is 0 Å². The maximum absolute atomic E-state index is 10.5. The summed E-state index contributed by atoms with van der Waals surface area (Å²) in [6, 6.07) is 0. The van der Waals surface area contributed by atoms with Gasteiger partial charge in [-0.3, -0.25) is 0 Å². The van der Waals surface area contributed by atoms with E-state index in [0.29, 0.717) is 13.0 Å². The van der Waals surface area contributed by atoms with Gasteiger partial charge in [-0.25, -0.2) is 8.42 Å². The van der Waals surface area contributed by atoms with E-state index in [-0.39, 0.29) is 57.1 Å². The van der Waals surface area contributed by atoms with Crippen molar-refractivity contribution in [2.75, 3.05) is 12.4 Å². The average molecular weight is 431 g/mol. The van der Waals surface area contributed by atoms with Gasteiger partial charge in [-0.15, -0.1) is 0 Å². The molecule has 0 fully saturated rings. The third-order valence-electron chi connectivity index (χ3n) is 5.05. The molecule has 0 unspecified atom stereocenters. The average Bonchev–Trinajstić information content (AvgIpc) is 2.59. The molecule has 0 aliphatic rings. The molecule has 0 spiro atoms. The van der Waals surface area contributed by atoms with E-state index in [9.17, 15) is 13.0 Å². The van der Waals surface area contributed by atoms with Crippen LogP contribution < -0.4 is 51.4 Å². The molecule has 6 heteroatoms. The zero-order chi connectivity index (χ0) is 19.3. The standard InChI is InChI=1S/C21H44O4S.K/c22-20-18-16-14-12-10-8-6-4-2-1-3-5-7-9-11-13-15-17-19-21-26(23,24)25;/h22H,1-21H2,(H,23,24,25);/q;+1/p-1. The molecule has 0 atom stereocenters. The number of unbranched alkanes of at least 4 members (excludes halogenated alkanes) is 18. The minimum atomic E-state index is -4.01. The SMILES string of the molecule is O=S(=O)([O-])CCCCCCCCCCCCCCCCCCCCCO.[K+]. The third-order valence-corrected chi connectivity index (χ3v) is 5.84. The van der Waals surface area contributed by atoms with Crippen LogP contribution in [0.15, 0.2) is 0 Å². The first kappa shape index (κ1) is 30.7. The Morgan fingerprint density at radius 1 is 0.481 bits per heavy atom. The second-order valence-electron chi connectivity index (χ2n) is 7.70. The summed E-state index contributed by atoms with van der Waals surface area (Å²) < 4.78 is 31.4. The number of hydrogen-bond acceptors (Lipinski definition) is 4. The summed E-state index contributed by atoms with van der Waals surface area (Å²) in [5, 5.41) is 8.71. The molecule has 0 aromatic carbocycles. The van der Waals surface area contributed by atoms with E-state index in [1.54, 1.807) is 0 Å². The van der Waals surface area contributed by atoms with Gasteiger partial charge >= 0.3 is 51.4 Å². The van der Waals surface area contributed by atoms with Crippen molar-refractivity contribution in [2.24, 2.45) is 0 Å². The van der Waals surface area contributed by atoms with Gasteiger partial charge in [-0.05, 0) is 12.8 Å². The molecule has 4 nitrogen and oxygen atoms in total. The predicted molar refractivity (Wildman–Crippen MR) is 109 cm³/mol. The van der Waals surface area contributed by atoms with Crippen molar-refractivity contribution in [3.8, 4) is 0 Å². The van der Waals surface area contributed by atoms with Crippen molar-refractivity contribution >= 4 is 10.1 Å². The quantitative estimate of drug-likeness (QED) is 0.172. The summed E-state index contributed by atoms with van der Waals surface area (Å²) in [6.45, 7) is 0.345. The Kier molecular flexibility index (Phi) is 27.0. The van der Waals surface area contributed by atoms with Gasteiger partial charge in [-0.2, -0.15) is 0 Å².